The molecule has 0 N–H and O–H groups in total. The molecule has 0 aromatic rings. The van der Waals surface area contributed by atoms with Crippen molar-refractivity contribution in [2.75, 3.05) is 13.2 Å². The molecule has 0 saturated carbocycles. The van der Waals surface area contributed by atoms with E-state index in [-0.39, 0.29) is 19.3 Å². The van der Waals surface area contributed by atoms with E-state index in [0.29, 0.717) is 0 Å². The maximum atomic E-state index is 11.4. The Morgan fingerprint density at radius 3 is 2.75 bits per heavy atom. The summed E-state index contributed by atoms with van der Waals surface area (Å²) in [6, 6.07) is 0. The summed E-state index contributed by atoms with van der Waals surface area (Å²) < 4.78 is 26.2. The lowest BCUT2D eigenvalue weighted by atomic mass is 10.1. The number of rotatable bonds is 4. The Hall–Kier alpha value is -1.60. The van der Waals surface area contributed by atoms with Gasteiger partial charge in [-0.1, -0.05) is 12.7 Å². The van der Waals surface area contributed by atoms with Crippen molar-refractivity contribution in [2.24, 2.45) is 0 Å². The number of fused-ring (bicyclic) bond motifs is 1. The van der Waals surface area contributed by atoms with Gasteiger partial charge in [0.2, 0.25) is 0 Å². The molecule has 2 aliphatic rings. The molecule has 0 bridgehead atoms. The standard InChI is InChI=1S/C13H18O7/c1-4-5-16-13(15)20-9-6-17-12-10(19-8(3)14)7(2)18-11(9)12/h4,7,9-12H,1,5-6H2,2-3H3/t7?,9-,10+,11?,12?/m1/s1. The summed E-state index contributed by atoms with van der Waals surface area (Å²) in [5.74, 6) is -0.399. The van der Waals surface area contributed by atoms with Gasteiger partial charge in [0, 0.05) is 6.92 Å². The lowest BCUT2D eigenvalue weighted by Crippen LogP contribution is -2.36. The number of hydrogen-bond acceptors (Lipinski definition) is 7. The van der Waals surface area contributed by atoms with E-state index < -0.39 is 36.5 Å². The van der Waals surface area contributed by atoms with Crippen molar-refractivity contribution in [3.05, 3.63) is 12.7 Å². The van der Waals surface area contributed by atoms with Crippen molar-refractivity contribution in [2.45, 2.75) is 44.4 Å². The molecule has 112 valence electrons. The molecule has 3 unspecified atom stereocenters. The third kappa shape index (κ3) is 3.10. The van der Waals surface area contributed by atoms with Gasteiger partial charge in [0.15, 0.2) is 12.2 Å². The Labute approximate surface area is 116 Å². The second-order valence-corrected chi connectivity index (χ2v) is 4.68. The predicted molar refractivity (Wildman–Crippen MR) is 66.0 cm³/mol. The zero-order valence-corrected chi connectivity index (χ0v) is 11.4. The van der Waals surface area contributed by atoms with Crippen LogP contribution in [0, 0.1) is 0 Å². The molecule has 0 amide bonds. The summed E-state index contributed by atoms with van der Waals surface area (Å²) in [5.41, 5.74) is 0. The molecule has 0 aromatic heterocycles. The van der Waals surface area contributed by atoms with Crippen molar-refractivity contribution in [1.29, 1.82) is 0 Å². The predicted octanol–water partition coefficient (Wildman–Crippen LogP) is 0.812. The molecule has 2 rings (SSSR count). The van der Waals surface area contributed by atoms with Crippen LogP contribution in [0.1, 0.15) is 13.8 Å². The van der Waals surface area contributed by atoms with Crippen LogP contribution in [-0.4, -0.2) is 55.9 Å². The highest BCUT2D eigenvalue weighted by molar-refractivity contribution is 5.66. The van der Waals surface area contributed by atoms with Gasteiger partial charge in [-0.3, -0.25) is 4.79 Å². The van der Waals surface area contributed by atoms with Gasteiger partial charge in [-0.25, -0.2) is 4.79 Å². The molecule has 2 heterocycles. The van der Waals surface area contributed by atoms with E-state index in [0.717, 1.165) is 0 Å². The molecule has 0 spiro atoms. The quantitative estimate of drug-likeness (QED) is 0.559. The number of hydrogen-bond donors (Lipinski definition) is 0. The first-order valence-electron chi connectivity index (χ1n) is 6.41. The molecular formula is C13H18O7. The Bertz CT molecular complexity index is 394. The summed E-state index contributed by atoms with van der Waals surface area (Å²) in [6.45, 7) is 6.80. The van der Waals surface area contributed by atoms with Gasteiger partial charge in [0.05, 0.1) is 12.7 Å². The number of carbonyl (C=O) groups excluding carboxylic acids is 2. The van der Waals surface area contributed by atoms with Gasteiger partial charge in [-0.05, 0) is 6.92 Å². The normalized spacial score (nSPS) is 35.2. The fourth-order valence-corrected chi connectivity index (χ4v) is 2.39. The molecule has 0 aromatic carbocycles. The second kappa shape index (κ2) is 6.23. The van der Waals surface area contributed by atoms with Crippen molar-refractivity contribution in [3.8, 4) is 0 Å². The van der Waals surface area contributed by atoms with Gasteiger partial charge in [-0.2, -0.15) is 0 Å². The zero-order chi connectivity index (χ0) is 14.7. The number of ether oxygens (including phenoxy) is 5. The second-order valence-electron chi connectivity index (χ2n) is 4.68. The lowest BCUT2D eigenvalue weighted by Gasteiger charge is -2.18. The first-order chi connectivity index (χ1) is 9.52. The Kier molecular flexibility index (Phi) is 4.61. The summed E-state index contributed by atoms with van der Waals surface area (Å²) in [4.78, 5) is 22.5. The van der Waals surface area contributed by atoms with E-state index in [9.17, 15) is 9.59 Å². The smallest absolute Gasteiger partial charge is 0.457 e. The van der Waals surface area contributed by atoms with E-state index in [1.54, 1.807) is 6.92 Å². The van der Waals surface area contributed by atoms with Crippen molar-refractivity contribution in [1.82, 2.24) is 0 Å². The highest BCUT2D eigenvalue weighted by Gasteiger charge is 2.54. The van der Waals surface area contributed by atoms with E-state index >= 15 is 0 Å². The monoisotopic (exact) mass is 286 g/mol. The maximum Gasteiger partial charge on any atom is 0.509 e. The Morgan fingerprint density at radius 1 is 1.35 bits per heavy atom. The van der Waals surface area contributed by atoms with Gasteiger partial charge < -0.3 is 23.7 Å². The van der Waals surface area contributed by atoms with Crippen LogP contribution >= 0.6 is 0 Å². The molecular weight excluding hydrogens is 268 g/mol. The molecule has 2 fully saturated rings. The first-order valence-corrected chi connectivity index (χ1v) is 6.41. The highest BCUT2D eigenvalue weighted by atomic mass is 16.7. The SMILES string of the molecule is C=CCOC(=O)O[C@@H]1COC2C1OC(C)[C@@H]2OC(C)=O. The largest absolute Gasteiger partial charge is 0.509 e. The molecule has 20 heavy (non-hydrogen) atoms. The van der Waals surface area contributed by atoms with Crippen molar-refractivity contribution < 1.29 is 33.3 Å². The van der Waals surface area contributed by atoms with E-state index in [1.165, 1.54) is 13.0 Å². The summed E-state index contributed by atoms with van der Waals surface area (Å²) in [5, 5.41) is 0. The average Bonchev–Trinajstić information content (AvgIpc) is 2.89. The Balaban J connectivity index is 1.92. The minimum absolute atomic E-state index is 0.0772. The van der Waals surface area contributed by atoms with Crippen LogP contribution in [0.4, 0.5) is 4.79 Å². The van der Waals surface area contributed by atoms with Crippen LogP contribution in [0.3, 0.4) is 0 Å². The summed E-state index contributed by atoms with van der Waals surface area (Å²) >= 11 is 0. The van der Waals surface area contributed by atoms with E-state index in [4.69, 9.17) is 23.7 Å². The van der Waals surface area contributed by atoms with Crippen molar-refractivity contribution >= 4 is 12.1 Å². The van der Waals surface area contributed by atoms with Gasteiger partial charge >= 0.3 is 12.1 Å². The van der Waals surface area contributed by atoms with Crippen LogP contribution in [0.15, 0.2) is 12.7 Å². The summed E-state index contributed by atoms with van der Waals surface area (Å²) in [7, 11) is 0. The molecule has 0 aliphatic carbocycles. The maximum absolute atomic E-state index is 11.4. The number of carbonyl (C=O) groups is 2. The molecule has 7 heteroatoms. The van der Waals surface area contributed by atoms with Crippen LogP contribution < -0.4 is 0 Å². The van der Waals surface area contributed by atoms with Crippen LogP contribution in [0.5, 0.6) is 0 Å². The third-order valence-electron chi connectivity index (χ3n) is 3.17. The molecule has 7 nitrogen and oxygen atoms in total. The molecule has 5 atom stereocenters. The third-order valence-corrected chi connectivity index (χ3v) is 3.17. The van der Waals surface area contributed by atoms with E-state index in [2.05, 4.69) is 6.58 Å². The van der Waals surface area contributed by atoms with Gasteiger partial charge in [0.25, 0.3) is 0 Å². The van der Waals surface area contributed by atoms with Crippen LogP contribution in [0.2, 0.25) is 0 Å². The summed E-state index contributed by atoms with van der Waals surface area (Å²) in [6.07, 6.45) is -1.61. The average molecular weight is 286 g/mol. The molecule has 2 saturated heterocycles. The number of esters is 1. The zero-order valence-electron chi connectivity index (χ0n) is 11.4. The molecule has 2 aliphatic heterocycles. The van der Waals surface area contributed by atoms with Gasteiger partial charge in [0.1, 0.15) is 18.8 Å². The minimum Gasteiger partial charge on any atom is -0.457 e. The fraction of sp³-hybridized carbons (Fsp3) is 0.692. The molecule has 0 radical (unpaired) electrons. The van der Waals surface area contributed by atoms with E-state index in [1.807, 2.05) is 0 Å². The highest BCUT2D eigenvalue weighted by Crippen LogP contribution is 2.34. The topological polar surface area (TPSA) is 80.3 Å². The Morgan fingerprint density at radius 2 is 2.10 bits per heavy atom. The van der Waals surface area contributed by atoms with Crippen LogP contribution in [-0.2, 0) is 28.5 Å². The van der Waals surface area contributed by atoms with Gasteiger partial charge in [-0.15, -0.1) is 0 Å². The first kappa shape index (κ1) is 14.8. The lowest BCUT2D eigenvalue weighted by molar-refractivity contribution is -0.154. The minimum atomic E-state index is -0.800. The van der Waals surface area contributed by atoms with Crippen LogP contribution in [0.25, 0.3) is 0 Å². The fourth-order valence-electron chi connectivity index (χ4n) is 2.39. The van der Waals surface area contributed by atoms with Crippen molar-refractivity contribution in [3.63, 3.8) is 0 Å².